The molecule has 0 bridgehead atoms. The zero-order valence-corrected chi connectivity index (χ0v) is 11.4. The van der Waals surface area contributed by atoms with Crippen LogP contribution in [0.25, 0.3) is 0 Å². The molecule has 0 spiro atoms. The Kier molecular flexibility index (Phi) is 5.24. The Labute approximate surface area is 107 Å². The Morgan fingerprint density at radius 3 is 2.65 bits per heavy atom. The molecule has 1 aromatic carbocycles. The van der Waals surface area contributed by atoms with E-state index in [0.29, 0.717) is 5.75 Å². The lowest BCUT2D eigenvalue weighted by molar-refractivity contribution is 0.405. The largest absolute Gasteiger partial charge is 0.496 e. The highest BCUT2D eigenvalue weighted by Crippen LogP contribution is 2.24. The lowest BCUT2D eigenvalue weighted by atomic mass is 10.1. The molecule has 1 rings (SSSR count). The van der Waals surface area contributed by atoms with E-state index in [1.807, 2.05) is 18.2 Å². The van der Waals surface area contributed by atoms with Crippen molar-refractivity contribution in [1.29, 1.82) is 0 Å². The minimum atomic E-state index is -3.34. The molecule has 0 amide bonds. The minimum absolute atomic E-state index is 0.0774. The van der Waals surface area contributed by atoms with E-state index in [1.165, 1.54) is 0 Å². The summed E-state index contributed by atoms with van der Waals surface area (Å²) in [4.78, 5) is 0. The predicted molar refractivity (Wildman–Crippen MR) is 69.1 cm³/mol. The number of sulfonamides is 1. The molecule has 0 aliphatic heterocycles. The highest BCUT2D eigenvalue weighted by atomic mass is 35.5. The summed E-state index contributed by atoms with van der Waals surface area (Å²) < 4.78 is 30.9. The summed E-state index contributed by atoms with van der Waals surface area (Å²) in [5, 5.41) is 0. The number of benzene rings is 1. The first-order valence-corrected chi connectivity index (χ1v) is 7.37. The molecule has 0 aliphatic carbocycles. The van der Waals surface area contributed by atoms with Gasteiger partial charge in [0.05, 0.1) is 12.9 Å². The van der Waals surface area contributed by atoms with Crippen LogP contribution in [0.5, 0.6) is 5.75 Å². The van der Waals surface area contributed by atoms with Crippen molar-refractivity contribution in [3.63, 3.8) is 0 Å². The average Bonchev–Trinajstić information content (AvgIpc) is 2.28. The number of rotatable bonds is 6. The quantitative estimate of drug-likeness (QED) is 0.808. The van der Waals surface area contributed by atoms with Gasteiger partial charge in [-0.3, -0.25) is 0 Å². The molecule has 0 radical (unpaired) electrons. The van der Waals surface area contributed by atoms with E-state index in [1.54, 1.807) is 20.1 Å². The first kappa shape index (κ1) is 14.3. The third-order valence-electron chi connectivity index (χ3n) is 2.31. The Morgan fingerprint density at radius 2 is 2.06 bits per heavy atom. The van der Waals surface area contributed by atoms with E-state index in [0.717, 1.165) is 5.56 Å². The number of hydrogen-bond donors (Lipinski definition) is 1. The van der Waals surface area contributed by atoms with Gasteiger partial charge < -0.3 is 4.74 Å². The Hall–Kier alpha value is -0.780. The van der Waals surface area contributed by atoms with Crippen molar-refractivity contribution in [2.75, 3.05) is 18.7 Å². The Morgan fingerprint density at radius 1 is 1.41 bits per heavy atom. The maximum Gasteiger partial charge on any atom is 0.213 e. The maximum absolute atomic E-state index is 11.6. The van der Waals surface area contributed by atoms with Gasteiger partial charge >= 0.3 is 0 Å². The van der Waals surface area contributed by atoms with E-state index in [-0.39, 0.29) is 17.7 Å². The van der Waals surface area contributed by atoms with E-state index in [2.05, 4.69) is 4.72 Å². The van der Waals surface area contributed by atoms with Crippen LogP contribution in [0.4, 0.5) is 0 Å². The monoisotopic (exact) mass is 277 g/mol. The van der Waals surface area contributed by atoms with Crippen LogP contribution in [0.15, 0.2) is 24.3 Å². The van der Waals surface area contributed by atoms with Gasteiger partial charge in [-0.05, 0) is 13.0 Å². The number of ether oxygens (including phenoxy) is 1. The number of methoxy groups -OCH3 is 1. The van der Waals surface area contributed by atoms with Crippen LogP contribution in [0.1, 0.15) is 18.5 Å². The summed E-state index contributed by atoms with van der Waals surface area (Å²) in [6, 6.07) is 6.94. The van der Waals surface area contributed by atoms with Gasteiger partial charge in [0.2, 0.25) is 10.0 Å². The smallest absolute Gasteiger partial charge is 0.213 e. The molecule has 1 unspecified atom stereocenters. The van der Waals surface area contributed by atoms with E-state index in [9.17, 15) is 8.42 Å². The van der Waals surface area contributed by atoms with Crippen molar-refractivity contribution >= 4 is 21.6 Å². The molecule has 1 N–H and O–H groups in total. The molecular formula is C11H16ClNO3S. The van der Waals surface area contributed by atoms with Crippen LogP contribution in [0, 0.1) is 0 Å². The van der Waals surface area contributed by atoms with Crippen LogP contribution < -0.4 is 9.46 Å². The van der Waals surface area contributed by atoms with Crippen LogP contribution in [0.3, 0.4) is 0 Å². The van der Waals surface area contributed by atoms with E-state index >= 15 is 0 Å². The van der Waals surface area contributed by atoms with Gasteiger partial charge in [-0.2, -0.15) is 0 Å². The lowest BCUT2D eigenvalue weighted by Gasteiger charge is -2.16. The number of para-hydroxylation sites is 1. The molecule has 4 nitrogen and oxygen atoms in total. The van der Waals surface area contributed by atoms with Crippen molar-refractivity contribution in [3.8, 4) is 5.75 Å². The van der Waals surface area contributed by atoms with Gasteiger partial charge in [0.15, 0.2) is 0 Å². The molecule has 0 fully saturated rings. The number of halogens is 1. The molecule has 0 saturated carbocycles. The van der Waals surface area contributed by atoms with Crippen molar-refractivity contribution in [1.82, 2.24) is 4.72 Å². The van der Waals surface area contributed by atoms with Crippen LogP contribution >= 0.6 is 11.6 Å². The molecule has 96 valence electrons. The van der Waals surface area contributed by atoms with Gasteiger partial charge in [0.25, 0.3) is 0 Å². The predicted octanol–water partition coefficient (Wildman–Crippen LogP) is 1.91. The molecule has 0 heterocycles. The fraction of sp³-hybridized carbons (Fsp3) is 0.455. The van der Waals surface area contributed by atoms with Crippen LogP contribution in [-0.2, 0) is 10.0 Å². The second-order valence-electron chi connectivity index (χ2n) is 3.59. The van der Waals surface area contributed by atoms with Crippen LogP contribution in [0.2, 0.25) is 0 Å². The summed E-state index contributed by atoms with van der Waals surface area (Å²) in [5.41, 5.74) is 0.799. The zero-order chi connectivity index (χ0) is 12.9. The summed E-state index contributed by atoms with van der Waals surface area (Å²) in [7, 11) is -1.79. The summed E-state index contributed by atoms with van der Waals surface area (Å²) >= 11 is 5.43. The fourth-order valence-corrected chi connectivity index (χ4v) is 3.11. The number of alkyl halides is 1. The summed E-state index contributed by atoms with van der Waals surface area (Å²) in [5.74, 6) is 0.649. The van der Waals surface area contributed by atoms with Crippen molar-refractivity contribution in [2.24, 2.45) is 0 Å². The van der Waals surface area contributed by atoms with Gasteiger partial charge in [0.1, 0.15) is 5.75 Å². The first-order chi connectivity index (χ1) is 8.00. The van der Waals surface area contributed by atoms with Crippen molar-refractivity contribution in [3.05, 3.63) is 29.8 Å². The molecule has 0 aliphatic rings. The Bertz CT molecular complexity index is 462. The SMILES string of the molecule is COc1ccccc1C(C)NS(=O)(=O)CCCl. The van der Waals surface area contributed by atoms with E-state index < -0.39 is 10.0 Å². The fourth-order valence-electron chi connectivity index (χ4n) is 1.52. The van der Waals surface area contributed by atoms with Gasteiger partial charge in [-0.25, -0.2) is 13.1 Å². The molecule has 6 heteroatoms. The first-order valence-electron chi connectivity index (χ1n) is 5.19. The molecule has 1 aromatic rings. The number of hydrogen-bond acceptors (Lipinski definition) is 3. The van der Waals surface area contributed by atoms with E-state index in [4.69, 9.17) is 16.3 Å². The van der Waals surface area contributed by atoms with Crippen molar-refractivity contribution in [2.45, 2.75) is 13.0 Å². The van der Waals surface area contributed by atoms with Gasteiger partial charge in [0, 0.05) is 17.5 Å². The minimum Gasteiger partial charge on any atom is -0.496 e. The Balaban J connectivity index is 2.86. The topological polar surface area (TPSA) is 55.4 Å². The zero-order valence-electron chi connectivity index (χ0n) is 9.81. The lowest BCUT2D eigenvalue weighted by Crippen LogP contribution is -2.29. The molecule has 0 aromatic heterocycles. The molecule has 1 atom stereocenters. The number of nitrogens with one attached hydrogen (secondary N) is 1. The summed E-state index contributed by atoms with van der Waals surface area (Å²) in [6.07, 6.45) is 0. The molecule has 0 saturated heterocycles. The highest BCUT2D eigenvalue weighted by molar-refractivity contribution is 7.89. The van der Waals surface area contributed by atoms with Crippen molar-refractivity contribution < 1.29 is 13.2 Å². The standard InChI is InChI=1S/C11H16ClNO3S/c1-9(13-17(14,15)8-7-12)10-5-3-4-6-11(10)16-2/h3-6,9,13H,7-8H2,1-2H3. The summed E-state index contributed by atoms with van der Waals surface area (Å²) in [6.45, 7) is 1.77. The average molecular weight is 278 g/mol. The van der Waals surface area contributed by atoms with Gasteiger partial charge in [-0.15, -0.1) is 11.6 Å². The highest BCUT2D eigenvalue weighted by Gasteiger charge is 2.17. The second kappa shape index (κ2) is 6.23. The second-order valence-corrected chi connectivity index (χ2v) is 5.84. The third kappa shape index (κ3) is 4.18. The van der Waals surface area contributed by atoms with Crippen LogP contribution in [-0.4, -0.2) is 27.2 Å². The maximum atomic E-state index is 11.6. The molecular weight excluding hydrogens is 262 g/mol. The molecule has 17 heavy (non-hydrogen) atoms. The van der Waals surface area contributed by atoms with Gasteiger partial charge in [-0.1, -0.05) is 18.2 Å². The third-order valence-corrected chi connectivity index (χ3v) is 4.17. The normalized spacial score (nSPS) is 13.4.